The third-order valence-electron chi connectivity index (χ3n) is 5.34. The van der Waals surface area contributed by atoms with Gasteiger partial charge in [-0.3, -0.25) is 9.88 Å². The summed E-state index contributed by atoms with van der Waals surface area (Å²) in [7, 11) is 0. The van der Waals surface area contributed by atoms with Crippen molar-refractivity contribution in [2.75, 3.05) is 31.1 Å². The molecule has 0 atom stereocenters. The topological polar surface area (TPSA) is 19.4 Å². The van der Waals surface area contributed by atoms with Gasteiger partial charge < -0.3 is 4.90 Å². The fourth-order valence-corrected chi connectivity index (χ4v) is 3.69. The molecule has 3 aromatic rings. The van der Waals surface area contributed by atoms with E-state index in [2.05, 4.69) is 71.1 Å². The SMILES string of the molecule is Cc1cccc(N2CCN(Cc3cnc4ccccc4c3)CC2)c1C. The molecule has 0 N–H and O–H groups in total. The standard InChI is InChI=1S/C22H25N3/c1-17-6-5-9-22(18(17)2)25-12-10-24(11-13-25)16-19-14-20-7-3-4-8-21(20)23-15-19/h3-9,14-15H,10-13,16H2,1-2H3. The van der Waals surface area contributed by atoms with Gasteiger partial charge in [-0.05, 0) is 48.7 Å². The maximum absolute atomic E-state index is 4.59. The first kappa shape index (κ1) is 16.1. The summed E-state index contributed by atoms with van der Waals surface area (Å²) in [5.41, 5.74) is 6.56. The zero-order valence-electron chi connectivity index (χ0n) is 15.1. The lowest BCUT2D eigenvalue weighted by Gasteiger charge is -2.37. The van der Waals surface area contributed by atoms with Crippen molar-refractivity contribution in [2.24, 2.45) is 0 Å². The number of para-hydroxylation sites is 1. The number of nitrogens with zero attached hydrogens (tertiary/aromatic N) is 3. The molecule has 1 fully saturated rings. The lowest BCUT2D eigenvalue weighted by molar-refractivity contribution is 0.249. The molecule has 4 rings (SSSR count). The third kappa shape index (κ3) is 3.38. The number of hydrogen-bond donors (Lipinski definition) is 0. The van der Waals surface area contributed by atoms with Gasteiger partial charge in [-0.1, -0.05) is 30.3 Å². The third-order valence-corrected chi connectivity index (χ3v) is 5.34. The molecule has 25 heavy (non-hydrogen) atoms. The summed E-state index contributed by atoms with van der Waals surface area (Å²) in [6.07, 6.45) is 2.03. The fraction of sp³-hybridized carbons (Fsp3) is 0.318. The molecule has 128 valence electrons. The monoisotopic (exact) mass is 331 g/mol. The summed E-state index contributed by atoms with van der Waals surface area (Å²) < 4.78 is 0. The molecule has 1 aromatic heterocycles. The van der Waals surface area contributed by atoms with E-state index in [1.54, 1.807) is 0 Å². The maximum Gasteiger partial charge on any atom is 0.0702 e. The Balaban J connectivity index is 1.42. The molecule has 1 saturated heterocycles. The fourth-order valence-electron chi connectivity index (χ4n) is 3.69. The Morgan fingerprint density at radius 2 is 1.72 bits per heavy atom. The highest BCUT2D eigenvalue weighted by molar-refractivity contribution is 5.78. The zero-order valence-corrected chi connectivity index (χ0v) is 15.1. The minimum atomic E-state index is 0.985. The minimum Gasteiger partial charge on any atom is -0.369 e. The van der Waals surface area contributed by atoms with E-state index < -0.39 is 0 Å². The van der Waals surface area contributed by atoms with Gasteiger partial charge in [0.05, 0.1) is 5.52 Å². The summed E-state index contributed by atoms with van der Waals surface area (Å²) in [5.74, 6) is 0. The van der Waals surface area contributed by atoms with Gasteiger partial charge in [0, 0.05) is 50.0 Å². The molecule has 0 bridgehead atoms. The van der Waals surface area contributed by atoms with Crippen molar-refractivity contribution in [3.63, 3.8) is 0 Å². The molecule has 3 heteroatoms. The van der Waals surface area contributed by atoms with Gasteiger partial charge in [0.2, 0.25) is 0 Å². The molecule has 0 spiro atoms. The first-order valence-electron chi connectivity index (χ1n) is 9.08. The van der Waals surface area contributed by atoms with Crippen LogP contribution in [-0.4, -0.2) is 36.1 Å². The van der Waals surface area contributed by atoms with Crippen molar-refractivity contribution >= 4 is 16.6 Å². The van der Waals surface area contributed by atoms with Crippen LogP contribution in [0, 0.1) is 13.8 Å². The van der Waals surface area contributed by atoms with Crippen LogP contribution >= 0.6 is 0 Å². The largest absolute Gasteiger partial charge is 0.369 e. The Bertz CT molecular complexity index is 879. The number of piperazine rings is 1. The number of pyridine rings is 1. The molecule has 2 aromatic carbocycles. The molecule has 1 aliphatic heterocycles. The van der Waals surface area contributed by atoms with Gasteiger partial charge >= 0.3 is 0 Å². The summed E-state index contributed by atoms with van der Waals surface area (Å²) in [5, 5.41) is 1.23. The van der Waals surface area contributed by atoms with Crippen LogP contribution in [0.1, 0.15) is 16.7 Å². The number of rotatable bonds is 3. The molecule has 0 amide bonds. The molecular formula is C22H25N3. The number of fused-ring (bicyclic) bond motifs is 1. The lowest BCUT2D eigenvalue weighted by atomic mass is 10.1. The van der Waals surface area contributed by atoms with Crippen LogP contribution in [0.2, 0.25) is 0 Å². The predicted molar refractivity (Wildman–Crippen MR) is 105 cm³/mol. The number of aryl methyl sites for hydroxylation is 1. The second-order valence-corrected chi connectivity index (χ2v) is 7.02. The number of hydrogen-bond acceptors (Lipinski definition) is 3. The first-order valence-corrected chi connectivity index (χ1v) is 9.08. The Hall–Kier alpha value is -2.39. The Kier molecular flexibility index (Phi) is 4.41. The van der Waals surface area contributed by atoms with Gasteiger partial charge in [-0.2, -0.15) is 0 Å². The van der Waals surface area contributed by atoms with E-state index >= 15 is 0 Å². The average Bonchev–Trinajstić information content (AvgIpc) is 2.65. The molecule has 0 unspecified atom stereocenters. The van der Waals surface area contributed by atoms with Gasteiger partial charge in [-0.15, -0.1) is 0 Å². The molecule has 0 saturated carbocycles. The molecule has 2 heterocycles. The van der Waals surface area contributed by atoms with Crippen LogP contribution < -0.4 is 4.90 Å². The van der Waals surface area contributed by atoms with E-state index in [1.807, 2.05) is 12.3 Å². The van der Waals surface area contributed by atoms with Crippen molar-refractivity contribution in [1.29, 1.82) is 0 Å². The second kappa shape index (κ2) is 6.85. The van der Waals surface area contributed by atoms with Crippen molar-refractivity contribution < 1.29 is 0 Å². The van der Waals surface area contributed by atoms with Gasteiger partial charge in [0.15, 0.2) is 0 Å². The molecule has 1 aliphatic rings. The van der Waals surface area contributed by atoms with Crippen molar-refractivity contribution in [1.82, 2.24) is 9.88 Å². The van der Waals surface area contributed by atoms with Crippen molar-refractivity contribution in [2.45, 2.75) is 20.4 Å². The van der Waals surface area contributed by atoms with Crippen molar-refractivity contribution in [3.8, 4) is 0 Å². The van der Waals surface area contributed by atoms with Crippen molar-refractivity contribution in [3.05, 3.63) is 71.4 Å². The predicted octanol–water partition coefficient (Wildman–Crippen LogP) is 4.17. The van der Waals surface area contributed by atoms with Gasteiger partial charge in [0.1, 0.15) is 0 Å². The second-order valence-electron chi connectivity index (χ2n) is 7.02. The van der Waals surface area contributed by atoms with E-state index in [-0.39, 0.29) is 0 Å². The van der Waals surface area contributed by atoms with E-state index in [1.165, 1.54) is 27.8 Å². The van der Waals surface area contributed by atoms with Crippen LogP contribution in [0.3, 0.4) is 0 Å². The summed E-state index contributed by atoms with van der Waals surface area (Å²) >= 11 is 0. The Labute approximate surface area is 149 Å². The van der Waals surface area contributed by atoms with Crippen LogP contribution in [-0.2, 0) is 6.54 Å². The van der Waals surface area contributed by atoms with E-state index in [4.69, 9.17) is 0 Å². The highest BCUT2D eigenvalue weighted by Crippen LogP contribution is 2.24. The molecule has 0 aliphatic carbocycles. The normalized spacial score (nSPS) is 15.7. The lowest BCUT2D eigenvalue weighted by Crippen LogP contribution is -2.46. The molecular weight excluding hydrogens is 306 g/mol. The number of benzene rings is 2. The zero-order chi connectivity index (χ0) is 17.2. The average molecular weight is 331 g/mol. The van der Waals surface area contributed by atoms with E-state index in [9.17, 15) is 0 Å². The van der Waals surface area contributed by atoms with E-state index in [0.29, 0.717) is 0 Å². The smallest absolute Gasteiger partial charge is 0.0702 e. The van der Waals surface area contributed by atoms with Crippen LogP contribution in [0.25, 0.3) is 10.9 Å². The van der Waals surface area contributed by atoms with Gasteiger partial charge in [0.25, 0.3) is 0 Å². The highest BCUT2D eigenvalue weighted by Gasteiger charge is 2.19. The van der Waals surface area contributed by atoms with E-state index in [0.717, 1.165) is 38.2 Å². The quantitative estimate of drug-likeness (QED) is 0.718. The van der Waals surface area contributed by atoms with Crippen LogP contribution in [0.4, 0.5) is 5.69 Å². The highest BCUT2D eigenvalue weighted by atomic mass is 15.3. The summed E-state index contributed by atoms with van der Waals surface area (Å²) in [6, 6.07) is 17.2. The maximum atomic E-state index is 4.59. The summed E-state index contributed by atoms with van der Waals surface area (Å²) in [4.78, 5) is 9.65. The Morgan fingerprint density at radius 3 is 2.56 bits per heavy atom. The Morgan fingerprint density at radius 1 is 0.920 bits per heavy atom. The first-order chi connectivity index (χ1) is 12.2. The van der Waals surface area contributed by atoms with Crippen LogP contribution in [0.5, 0.6) is 0 Å². The minimum absolute atomic E-state index is 0.985. The molecule has 0 radical (unpaired) electrons. The molecule has 3 nitrogen and oxygen atoms in total. The van der Waals surface area contributed by atoms with Crippen LogP contribution in [0.15, 0.2) is 54.7 Å². The number of aromatic nitrogens is 1. The van der Waals surface area contributed by atoms with Gasteiger partial charge in [-0.25, -0.2) is 0 Å². The summed E-state index contributed by atoms with van der Waals surface area (Å²) in [6.45, 7) is 9.79. The number of anilines is 1.